The van der Waals surface area contributed by atoms with Gasteiger partial charge in [0.2, 0.25) is 10.0 Å². The SMILES string of the molecule is O=[N+]([O-])c1ccc(S(=O)(=O)N[C@H]2CC[C@@H](c3ccc(O)cc3O)CC2)cc1. The molecular weight excluding hydrogens is 372 g/mol. The third-order valence-corrected chi connectivity index (χ3v) is 6.40. The quantitative estimate of drug-likeness (QED) is 0.530. The first kappa shape index (κ1) is 19.1. The molecule has 1 saturated carbocycles. The van der Waals surface area contributed by atoms with Crippen LogP contribution in [0.15, 0.2) is 47.4 Å². The summed E-state index contributed by atoms with van der Waals surface area (Å²) in [5.41, 5.74) is 0.590. The molecular formula is C18H20N2O6S. The lowest BCUT2D eigenvalue weighted by Crippen LogP contribution is -2.37. The zero-order chi connectivity index (χ0) is 19.6. The molecule has 3 rings (SSSR count). The standard InChI is InChI=1S/C18H20N2O6S/c21-15-7-10-17(18(22)11-15)12-1-3-13(4-2-12)19-27(25,26)16-8-5-14(6-9-16)20(23)24/h5-13,19,21-22H,1-4H2/t12-,13+. The maximum Gasteiger partial charge on any atom is 0.269 e. The first-order valence-electron chi connectivity index (χ1n) is 8.55. The lowest BCUT2D eigenvalue weighted by Gasteiger charge is -2.29. The van der Waals surface area contributed by atoms with E-state index in [1.165, 1.54) is 36.4 Å². The Kier molecular flexibility index (Phi) is 5.33. The van der Waals surface area contributed by atoms with E-state index in [2.05, 4.69) is 4.72 Å². The van der Waals surface area contributed by atoms with Gasteiger partial charge in [-0.2, -0.15) is 0 Å². The van der Waals surface area contributed by atoms with Crippen molar-refractivity contribution in [2.45, 2.75) is 42.5 Å². The molecule has 1 aliphatic carbocycles. The predicted molar refractivity (Wildman–Crippen MR) is 98.2 cm³/mol. The van der Waals surface area contributed by atoms with Crippen molar-refractivity contribution in [3.63, 3.8) is 0 Å². The molecule has 2 aromatic carbocycles. The van der Waals surface area contributed by atoms with E-state index in [9.17, 15) is 28.7 Å². The van der Waals surface area contributed by atoms with Crippen molar-refractivity contribution < 1.29 is 23.6 Å². The summed E-state index contributed by atoms with van der Waals surface area (Å²) in [5, 5.41) is 30.1. The highest BCUT2D eigenvalue weighted by atomic mass is 32.2. The normalized spacial score (nSPS) is 20.3. The van der Waals surface area contributed by atoms with Gasteiger partial charge in [0, 0.05) is 24.2 Å². The van der Waals surface area contributed by atoms with Gasteiger partial charge in [0.15, 0.2) is 0 Å². The highest BCUT2D eigenvalue weighted by Gasteiger charge is 2.28. The molecule has 144 valence electrons. The van der Waals surface area contributed by atoms with Crippen LogP contribution >= 0.6 is 0 Å². The summed E-state index contributed by atoms with van der Waals surface area (Å²) in [5.74, 6) is 0.149. The van der Waals surface area contributed by atoms with Crippen molar-refractivity contribution >= 4 is 15.7 Å². The molecule has 1 fully saturated rings. The number of nitrogens with zero attached hydrogens (tertiary/aromatic N) is 1. The summed E-state index contributed by atoms with van der Waals surface area (Å²) >= 11 is 0. The van der Waals surface area contributed by atoms with E-state index >= 15 is 0 Å². The Morgan fingerprint density at radius 1 is 1.00 bits per heavy atom. The Balaban J connectivity index is 1.63. The zero-order valence-electron chi connectivity index (χ0n) is 14.4. The topological polar surface area (TPSA) is 130 Å². The monoisotopic (exact) mass is 392 g/mol. The molecule has 9 heteroatoms. The Morgan fingerprint density at radius 2 is 1.63 bits per heavy atom. The Morgan fingerprint density at radius 3 is 2.19 bits per heavy atom. The lowest BCUT2D eigenvalue weighted by atomic mass is 9.81. The fourth-order valence-electron chi connectivity index (χ4n) is 3.43. The third-order valence-electron chi connectivity index (χ3n) is 4.86. The number of aromatic hydroxyl groups is 2. The number of nitro groups is 1. The molecule has 0 heterocycles. The number of hydrogen-bond donors (Lipinski definition) is 3. The van der Waals surface area contributed by atoms with Crippen molar-refractivity contribution in [3.05, 3.63) is 58.1 Å². The molecule has 0 atom stereocenters. The first-order valence-corrected chi connectivity index (χ1v) is 10.0. The van der Waals surface area contributed by atoms with Crippen LogP contribution in [-0.4, -0.2) is 29.6 Å². The third kappa shape index (κ3) is 4.37. The molecule has 1 aliphatic rings. The predicted octanol–water partition coefficient (Wildman–Crippen LogP) is 3.01. The molecule has 8 nitrogen and oxygen atoms in total. The van der Waals surface area contributed by atoms with Gasteiger partial charge in [-0.05, 0) is 55.4 Å². The minimum absolute atomic E-state index is 0.000735. The summed E-state index contributed by atoms with van der Waals surface area (Å²) in [7, 11) is -3.75. The first-order chi connectivity index (χ1) is 12.8. The molecule has 3 N–H and O–H groups in total. The summed E-state index contributed by atoms with van der Waals surface area (Å²) in [6.07, 6.45) is 2.62. The highest BCUT2D eigenvalue weighted by Crippen LogP contribution is 2.38. The van der Waals surface area contributed by atoms with Crippen LogP contribution in [0.4, 0.5) is 5.69 Å². The van der Waals surface area contributed by atoms with Gasteiger partial charge in [-0.15, -0.1) is 0 Å². The van der Waals surface area contributed by atoms with Gasteiger partial charge in [-0.3, -0.25) is 10.1 Å². The average molecular weight is 392 g/mol. The molecule has 0 spiro atoms. The van der Waals surface area contributed by atoms with Crippen molar-refractivity contribution in [1.29, 1.82) is 0 Å². The van der Waals surface area contributed by atoms with E-state index < -0.39 is 14.9 Å². The molecule has 0 saturated heterocycles. The van der Waals surface area contributed by atoms with Crippen molar-refractivity contribution in [2.24, 2.45) is 0 Å². The van der Waals surface area contributed by atoms with Gasteiger partial charge in [0.05, 0.1) is 9.82 Å². The fraction of sp³-hybridized carbons (Fsp3) is 0.333. The van der Waals surface area contributed by atoms with Crippen LogP contribution in [0.5, 0.6) is 11.5 Å². The van der Waals surface area contributed by atoms with Crippen LogP contribution < -0.4 is 4.72 Å². The van der Waals surface area contributed by atoms with E-state index in [0.717, 1.165) is 5.56 Å². The second kappa shape index (κ2) is 7.53. The van der Waals surface area contributed by atoms with Crippen LogP contribution in [0, 0.1) is 10.1 Å². The largest absolute Gasteiger partial charge is 0.508 e. The maximum absolute atomic E-state index is 12.5. The van der Waals surface area contributed by atoms with Gasteiger partial charge >= 0.3 is 0 Å². The van der Waals surface area contributed by atoms with Crippen molar-refractivity contribution in [1.82, 2.24) is 4.72 Å². The highest BCUT2D eigenvalue weighted by molar-refractivity contribution is 7.89. The van der Waals surface area contributed by atoms with E-state index in [4.69, 9.17) is 0 Å². The second-order valence-electron chi connectivity index (χ2n) is 6.66. The number of nitrogens with one attached hydrogen (secondary N) is 1. The molecule has 2 aromatic rings. The van der Waals surface area contributed by atoms with Crippen LogP contribution in [0.2, 0.25) is 0 Å². The Bertz CT molecular complexity index is 935. The number of non-ortho nitro benzene ring substituents is 1. The number of hydrogen-bond acceptors (Lipinski definition) is 6. The Hall–Kier alpha value is -2.65. The van der Waals surface area contributed by atoms with Gasteiger partial charge in [-0.25, -0.2) is 13.1 Å². The molecule has 0 aliphatic heterocycles. The smallest absolute Gasteiger partial charge is 0.269 e. The van der Waals surface area contributed by atoms with Crippen LogP contribution in [0.1, 0.15) is 37.2 Å². The number of phenols is 2. The van der Waals surface area contributed by atoms with Crippen LogP contribution in [-0.2, 0) is 10.0 Å². The van der Waals surface area contributed by atoms with Crippen molar-refractivity contribution in [2.75, 3.05) is 0 Å². The van der Waals surface area contributed by atoms with E-state index in [1.807, 2.05) is 0 Å². The summed E-state index contributed by atoms with van der Waals surface area (Å²) < 4.78 is 27.6. The van der Waals surface area contributed by atoms with Crippen LogP contribution in [0.3, 0.4) is 0 Å². The van der Waals surface area contributed by atoms with Gasteiger partial charge < -0.3 is 10.2 Å². The average Bonchev–Trinajstić information content (AvgIpc) is 2.62. The second-order valence-corrected chi connectivity index (χ2v) is 8.38. The van der Waals surface area contributed by atoms with Gasteiger partial charge in [-0.1, -0.05) is 6.07 Å². The molecule has 0 radical (unpaired) electrons. The molecule has 27 heavy (non-hydrogen) atoms. The van der Waals surface area contributed by atoms with E-state index in [0.29, 0.717) is 25.7 Å². The summed E-state index contributed by atoms with van der Waals surface area (Å²) in [4.78, 5) is 10.1. The zero-order valence-corrected chi connectivity index (χ0v) is 15.2. The summed E-state index contributed by atoms with van der Waals surface area (Å²) in [6.45, 7) is 0. The number of sulfonamides is 1. The van der Waals surface area contributed by atoms with Crippen LogP contribution in [0.25, 0.3) is 0 Å². The molecule has 0 unspecified atom stereocenters. The maximum atomic E-state index is 12.5. The molecule has 0 aromatic heterocycles. The van der Waals surface area contributed by atoms with Gasteiger partial charge in [0.25, 0.3) is 5.69 Å². The van der Waals surface area contributed by atoms with Crippen molar-refractivity contribution in [3.8, 4) is 11.5 Å². The molecule has 0 bridgehead atoms. The fourth-order valence-corrected chi connectivity index (χ4v) is 4.74. The number of benzene rings is 2. The minimum Gasteiger partial charge on any atom is -0.508 e. The Labute approximate surface area is 156 Å². The van der Waals surface area contributed by atoms with E-state index in [1.54, 1.807) is 6.07 Å². The summed E-state index contributed by atoms with van der Waals surface area (Å²) in [6, 6.07) is 9.06. The lowest BCUT2D eigenvalue weighted by molar-refractivity contribution is -0.384. The number of phenolic OH excluding ortho intramolecular Hbond substituents is 2. The molecule has 0 amide bonds. The number of rotatable bonds is 5. The van der Waals surface area contributed by atoms with Gasteiger partial charge in [0.1, 0.15) is 11.5 Å². The number of nitro benzene ring substituents is 1. The van der Waals surface area contributed by atoms with E-state index in [-0.39, 0.29) is 34.0 Å². The minimum atomic E-state index is -3.75.